The molecule has 0 spiro atoms. The molecule has 0 bridgehead atoms. The Hall–Kier alpha value is -0.710. The Morgan fingerprint density at radius 2 is 2.16 bits per heavy atom. The normalized spacial score (nSPS) is 21.5. The van der Waals surface area contributed by atoms with E-state index in [9.17, 15) is 4.79 Å². The summed E-state index contributed by atoms with van der Waals surface area (Å²) >= 11 is 3.44. The maximum Gasteiger partial charge on any atom is 0.138 e. The van der Waals surface area contributed by atoms with Gasteiger partial charge in [0.2, 0.25) is 0 Å². The second-order valence-corrected chi connectivity index (χ2v) is 6.36. The Morgan fingerprint density at radius 3 is 2.89 bits per heavy atom. The number of halogens is 1. The Labute approximate surface area is 123 Å². The number of nitrogens with zero attached hydrogens (tertiary/aromatic N) is 2. The van der Waals surface area contributed by atoms with Crippen LogP contribution >= 0.6 is 15.9 Å². The smallest absolute Gasteiger partial charge is 0.138 e. The molecule has 2 rings (SSSR count). The number of rotatable bonds is 4. The molecule has 0 aliphatic carbocycles. The third-order valence-corrected chi connectivity index (χ3v) is 4.23. The van der Waals surface area contributed by atoms with Crippen molar-refractivity contribution in [3.63, 3.8) is 0 Å². The third kappa shape index (κ3) is 4.41. The summed E-state index contributed by atoms with van der Waals surface area (Å²) in [5.41, 5.74) is 1.09. The summed E-state index contributed by atoms with van der Waals surface area (Å²) in [5.74, 6) is 0.324. The van der Waals surface area contributed by atoms with Crippen molar-refractivity contribution in [1.29, 1.82) is 0 Å². The quantitative estimate of drug-likeness (QED) is 0.848. The van der Waals surface area contributed by atoms with Crippen LogP contribution in [0, 0.1) is 0 Å². The summed E-state index contributed by atoms with van der Waals surface area (Å²) < 4.78 is 1.03. The second-order valence-electron chi connectivity index (χ2n) is 5.45. The van der Waals surface area contributed by atoms with E-state index in [1.807, 2.05) is 24.3 Å². The van der Waals surface area contributed by atoms with E-state index in [0.717, 1.165) is 29.7 Å². The van der Waals surface area contributed by atoms with Crippen molar-refractivity contribution < 1.29 is 4.79 Å². The van der Waals surface area contributed by atoms with Crippen molar-refractivity contribution in [2.24, 2.45) is 0 Å². The fraction of sp³-hybridized carbons (Fsp3) is 0.533. The minimum atomic E-state index is 0.324. The van der Waals surface area contributed by atoms with Gasteiger partial charge in [0.15, 0.2) is 0 Å². The molecular formula is C15H21BrN2O. The molecule has 0 amide bonds. The predicted molar refractivity (Wildman–Crippen MR) is 81.4 cm³/mol. The molecule has 0 aromatic heterocycles. The van der Waals surface area contributed by atoms with Gasteiger partial charge in [0.25, 0.3) is 0 Å². The van der Waals surface area contributed by atoms with Crippen molar-refractivity contribution >= 4 is 21.7 Å². The summed E-state index contributed by atoms with van der Waals surface area (Å²) in [4.78, 5) is 16.8. The van der Waals surface area contributed by atoms with Gasteiger partial charge in [-0.2, -0.15) is 0 Å². The number of carbonyl (C=O) groups excluding carboxylic acids is 1. The molecule has 0 N–H and O–H groups in total. The number of Topliss-reactive ketones (excluding diaryl/α,β-unsaturated/α-hetero) is 1. The number of carbonyl (C=O) groups is 1. The van der Waals surface area contributed by atoms with Crippen LogP contribution in [-0.2, 0) is 11.2 Å². The molecule has 19 heavy (non-hydrogen) atoms. The first-order valence-corrected chi connectivity index (χ1v) is 7.49. The topological polar surface area (TPSA) is 23.6 Å². The zero-order valence-corrected chi connectivity index (χ0v) is 13.2. The lowest BCUT2D eigenvalue weighted by Crippen LogP contribution is -2.50. The van der Waals surface area contributed by atoms with Gasteiger partial charge >= 0.3 is 0 Å². The van der Waals surface area contributed by atoms with Crippen LogP contribution in [0.15, 0.2) is 28.7 Å². The van der Waals surface area contributed by atoms with Crippen LogP contribution in [0.4, 0.5) is 0 Å². The number of benzene rings is 1. The van der Waals surface area contributed by atoms with Crippen LogP contribution in [0.5, 0.6) is 0 Å². The van der Waals surface area contributed by atoms with Crippen LogP contribution in [0.3, 0.4) is 0 Å². The van der Waals surface area contributed by atoms with E-state index in [0.29, 0.717) is 24.7 Å². The van der Waals surface area contributed by atoms with E-state index < -0.39 is 0 Å². The maximum atomic E-state index is 12.2. The molecule has 0 saturated carbocycles. The first kappa shape index (κ1) is 14.7. The van der Waals surface area contributed by atoms with Gasteiger partial charge in [-0.25, -0.2) is 0 Å². The molecule has 1 aliphatic rings. The van der Waals surface area contributed by atoms with Gasteiger partial charge in [-0.05, 0) is 31.8 Å². The second kappa shape index (κ2) is 6.64. The highest BCUT2D eigenvalue weighted by atomic mass is 79.9. The van der Waals surface area contributed by atoms with Crippen LogP contribution in [0.25, 0.3) is 0 Å². The Bertz CT molecular complexity index is 450. The van der Waals surface area contributed by atoms with Crippen molar-refractivity contribution in [3.8, 4) is 0 Å². The standard InChI is InChI=1S/C15H21BrN2O/c1-17-6-7-18(2)14(11-17)10-15(19)9-12-4-3-5-13(16)8-12/h3-5,8,14H,6-7,9-11H2,1-2H3. The van der Waals surface area contributed by atoms with Crippen molar-refractivity contribution in [2.75, 3.05) is 33.7 Å². The van der Waals surface area contributed by atoms with E-state index in [4.69, 9.17) is 0 Å². The molecule has 0 radical (unpaired) electrons. The molecule has 1 atom stereocenters. The highest BCUT2D eigenvalue weighted by molar-refractivity contribution is 9.10. The summed E-state index contributed by atoms with van der Waals surface area (Å²) in [7, 11) is 4.24. The molecule has 1 aromatic carbocycles. The first-order valence-electron chi connectivity index (χ1n) is 6.69. The van der Waals surface area contributed by atoms with Crippen LogP contribution < -0.4 is 0 Å². The monoisotopic (exact) mass is 324 g/mol. The Balaban J connectivity index is 1.90. The average Bonchev–Trinajstić information content (AvgIpc) is 2.34. The molecule has 1 saturated heterocycles. The molecular weight excluding hydrogens is 304 g/mol. The minimum Gasteiger partial charge on any atom is -0.304 e. The van der Waals surface area contributed by atoms with E-state index in [1.54, 1.807) is 0 Å². The lowest BCUT2D eigenvalue weighted by atomic mass is 10.0. The van der Waals surface area contributed by atoms with Crippen molar-refractivity contribution in [3.05, 3.63) is 34.3 Å². The Kier molecular flexibility index (Phi) is 5.13. The van der Waals surface area contributed by atoms with E-state index >= 15 is 0 Å². The summed E-state index contributed by atoms with van der Waals surface area (Å²) in [6.07, 6.45) is 1.18. The fourth-order valence-corrected chi connectivity index (χ4v) is 2.98. The average molecular weight is 325 g/mol. The summed E-state index contributed by atoms with van der Waals surface area (Å²) in [6, 6.07) is 8.36. The third-order valence-electron chi connectivity index (χ3n) is 3.73. The van der Waals surface area contributed by atoms with Gasteiger partial charge in [-0.3, -0.25) is 4.79 Å². The van der Waals surface area contributed by atoms with Gasteiger partial charge in [-0.1, -0.05) is 28.1 Å². The number of ketones is 1. The SMILES string of the molecule is CN1CCN(C)C(CC(=O)Cc2cccc(Br)c2)C1. The number of hydrogen-bond donors (Lipinski definition) is 0. The minimum absolute atomic E-state index is 0.324. The highest BCUT2D eigenvalue weighted by Gasteiger charge is 2.24. The van der Waals surface area contributed by atoms with Gasteiger partial charge in [0, 0.05) is 43.0 Å². The molecule has 1 aromatic rings. The molecule has 104 valence electrons. The number of hydrogen-bond acceptors (Lipinski definition) is 3. The largest absolute Gasteiger partial charge is 0.304 e. The molecule has 1 unspecified atom stereocenters. The first-order chi connectivity index (χ1) is 9.04. The van der Waals surface area contributed by atoms with Crippen molar-refractivity contribution in [2.45, 2.75) is 18.9 Å². The molecule has 1 heterocycles. The molecule has 1 fully saturated rings. The number of likely N-dealkylation sites (N-methyl/N-ethyl adjacent to an activating group) is 2. The summed E-state index contributed by atoms with van der Waals surface area (Å²) in [5, 5.41) is 0. The van der Waals surface area contributed by atoms with Gasteiger partial charge < -0.3 is 9.80 Å². The van der Waals surface area contributed by atoms with Crippen LogP contribution in [0.1, 0.15) is 12.0 Å². The lowest BCUT2D eigenvalue weighted by Gasteiger charge is -2.37. The molecule has 4 heteroatoms. The van der Waals surface area contributed by atoms with Crippen LogP contribution in [0.2, 0.25) is 0 Å². The predicted octanol–water partition coefficient (Wildman–Crippen LogP) is 2.20. The van der Waals surface area contributed by atoms with Crippen LogP contribution in [-0.4, -0.2) is 55.4 Å². The van der Waals surface area contributed by atoms with Gasteiger partial charge in [-0.15, -0.1) is 0 Å². The maximum absolute atomic E-state index is 12.2. The molecule has 3 nitrogen and oxygen atoms in total. The highest BCUT2D eigenvalue weighted by Crippen LogP contribution is 2.15. The van der Waals surface area contributed by atoms with Gasteiger partial charge in [0.1, 0.15) is 5.78 Å². The van der Waals surface area contributed by atoms with E-state index in [2.05, 4.69) is 39.8 Å². The molecule has 1 aliphatic heterocycles. The fourth-order valence-electron chi connectivity index (χ4n) is 2.53. The zero-order chi connectivity index (χ0) is 13.8. The summed E-state index contributed by atoms with van der Waals surface area (Å²) in [6.45, 7) is 3.12. The van der Waals surface area contributed by atoms with E-state index in [1.165, 1.54) is 0 Å². The lowest BCUT2D eigenvalue weighted by molar-refractivity contribution is -0.120. The van der Waals surface area contributed by atoms with Crippen molar-refractivity contribution in [1.82, 2.24) is 9.80 Å². The Morgan fingerprint density at radius 1 is 1.37 bits per heavy atom. The zero-order valence-electron chi connectivity index (χ0n) is 11.6. The number of piperazine rings is 1. The van der Waals surface area contributed by atoms with Gasteiger partial charge in [0.05, 0.1) is 0 Å². The van der Waals surface area contributed by atoms with E-state index in [-0.39, 0.29) is 0 Å².